The predicted octanol–water partition coefficient (Wildman–Crippen LogP) is 3.61. The molecule has 204 valence electrons. The van der Waals surface area contributed by atoms with Crippen LogP contribution in [0.2, 0.25) is 0 Å². The normalized spacial score (nSPS) is 15.4. The molecule has 9 heteroatoms. The Bertz CT molecular complexity index is 1240. The number of hydrogen-bond donors (Lipinski definition) is 2. The molecule has 1 fully saturated rings. The number of ketones is 1. The van der Waals surface area contributed by atoms with Gasteiger partial charge < -0.3 is 29.3 Å². The molecular weight excluding hydrogens is 484 g/mol. The molecule has 0 saturated carbocycles. The molecule has 1 amide bonds. The SMILES string of the molecule is CCOc1cc2c(cc1C(=O)NC)C(=N)N(CC(=O)c1cc(N3CCOCC3)c(OC)c(C(C)(C)C)c1)C2. The van der Waals surface area contributed by atoms with Gasteiger partial charge in [-0.3, -0.25) is 15.0 Å². The molecule has 9 nitrogen and oxygen atoms in total. The largest absolute Gasteiger partial charge is 0.494 e. The summed E-state index contributed by atoms with van der Waals surface area (Å²) in [5, 5.41) is 11.4. The van der Waals surface area contributed by atoms with Crippen LogP contribution in [0.3, 0.4) is 0 Å². The second-order valence-electron chi connectivity index (χ2n) is 10.6. The number of Topliss-reactive ketones (excluding diaryl/α,β-unsaturated/α-hetero) is 1. The maximum absolute atomic E-state index is 13.7. The highest BCUT2D eigenvalue weighted by atomic mass is 16.5. The molecule has 0 radical (unpaired) electrons. The minimum Gasteiger partial charge on any atom is -0.494 e. The average molecular weight is 523 g/mol. The summed E-state index contributed by atoms with van der Waals surface area (Å²) in [6.07, 6.45) is 0. The maximum Gasteiger partial charge on any atom is 0.254 e. The molecule has 38 heavy (non-hydrogen) atoms. The highest BCUT2D eigenvalue weighted by Gasteiger charge is 2.31. The quantitative estimate of drug-likeness (QED) is 0.511. The first-order valence-corrected chi connectivity index (χ1v) is 13.0. The number of amidine groups is 1. The molecule has 0 aliphatic carbocycles. The number of nitrogens with one attached hydrogen (secondary N) is 2. The van der Waals surface area contributed by atoms with Crippen molar-refractivity contribution < 1.29 is 23.8 Å². The fraction of sp³-hybridized carbons (Fsp3) is 0.483. The van der Waals surface area contributed by atoms with Gasteiger partial charge in [0.15, 0.2) is 5.78 Å². The molecule has 2 N–H and O–H groups in total. The number of carbonyl (C=O) groups is 2. The van der Waals surface area contributed by atoms with Gasteiger partial charge in [-0.1, -0.05) is 20.8 Å². The maximum atomic E-state index is 13.7. The van der Waals surface area contributed by atoms with Crippen molar-refractivity contribution in [3.8, 4) is 11.5 Å². The van der Waals surface area contributed by atoms with Gasteiger partial charge in [0, 0.05) is 43.4 Å². The standard InChI is InChI=1S/C29H38N4O5/c1-7-38-25-14-19-16-33(27(30)20(19)15-21(25)28(35)31-5)17-24(34)18-12-22(29(2,3)4)26(36-6)23(13-18)32-8-10-37-11-9-32/h12-15,30H,7-11,16-17H2,1-6H3,(H,31,35). The monoisotopic (exact) mass is 522 g/mol. The van der Waals surface area contributed by atoms with E-state index in [9.17, 15) is 9.59 Å². The van der Waals surface area contributed by atoms with E-state index in [1.54, 1.807) is 25.1 Å². The molecule has 2 aromatic rings. The first-order valence-electron chi connectivity index (χ1n) is 13.0. The molecule has 0 unspecified atom stereocenters. The summed E-state index contributed by atoms with van der Waals surface area (Å²) in [7, 11) is 3.23. The number of benzene rings is 2. The smallest absolute Gasteiger partial charge is 0.254 e. The van der Waals surface area contributed by atoms with Crippen LogP contribution < -0.4 is 19.7 Å². The van der Waals surface area contributed by atoms with Gasteiger partial charge in [-0.05, 0) is 42.2 Å². The number of fused-ring (bicyclic) bond motifs is 1. The average Bonchev–Trinajstić information content (AvgIpc) is 3.20. The van der Waals surface area contributed by atoms with Gasteiger partial charge in [-0.25, -0.2) is 0 Å². The predicted molar refractivity (Wildman–Crippen MR) is 147 cm³/mol. The van der Waals surface area contributed by atoms with Crippen LogP contribution in [0.5, 0.6) is 11.5 Å². The zero-order valence-corrected chi connectivity index (χ0v) is 23.2. The number of anilines is 1. The van der Waals surface area contributed by atoms with Gasteiger partial charge in [-0.2, -0.15) is 0 Å². The lowest BCUT2D eigenvalue weighted by atomic mass is 9.84. The van der Waals surface area contributed by atoms with Gasteiger partial charge in [0.25, 0.3) is 5.91 Å². The Balaban J connectivity index is 1.65. The van der Waals surface area contributed by atoms with E-state index in [1.807, 2.05) is 25.1 Å². The van der Waals surface area contributed by atoms with E-state index in [4.69, 9.17) is 19.6 Å². The molecular formula is C29H38N4O5. The highest BCUT2D eigenvalue weighted by molar-refractivity contribution is 6.08. The Labute approximate surface area is 224 Å². The van der Waals surface area contributed by atoms with Crippen molar-refractivity contribution in [3.63, 3.8) is 0 Å². The van der Waals surface area contributed by atoms with E-state index in [2.05, 4.69) is 31.0 Å². The Morgan fingerprint density at radius 2 is 1.84 bits per heavy atom. The van der Waals surface area contributed by atoms with Crippen LogP contribution in [-0.4, -0.2) is 76.0 Å². The Hall–Kier alpha value is -3.59. The minimum absolute atomic E-state index is 0.0469. The van der Waals surface area contributed by atoms with Crippen LogP contribution in [0.4, 0.5) is 5.69 Å². The van der Waals surface area contributed by atoms with Crippen molar-refractivity contribution in [1.82, 2.24) is 10.2 Å². The van der Waals surface area contributed by atoms with E-state index < -0.39 is 0 Å². The third-order valence-electron chi connectivity index (χ3n) is 7.00. The zero-order valence-electron chi connectivity index (χ0n) is 23.2. The van der Waals surface area contributed by atoms with E-state index in [-0.39, 0.29) is 29.5 Å². The number of rotatable bonds is 8. The van der Waals surface area contributed by atoms with E-state index in [0.29, 0.717) is 48.8 Å². The Morgan fingerprint density at radius 3 is 2.45 bits per heavy atom. The van der Waals surface area contributed by atoms with Gasteiger partial charge in [0.2, 0.25) is 0 Å². The van der Waals surface area contributed by atoms with E-state index in [0.717, 1.165) is 35.7 Å². The van der Waals surface area contributed by atoms with Gasteiger partial charge in [0.05, 0.1) is 44.7 Å². The van der Waals surface area contributed by atoms with Crippen molar-refractivity contribution in [3.05, 3.63) is 52.1 Å². The second-order valence-corrected chi connectivity index (χ2v) is 10.6. The first-order chi connectivity index (χ1) is 18.1. The van der Waals surface area contributed by atoms with Crippen LogP contribution in [0, 0.1) is 5.41 Å². The lowest BCUT2D eigenvalue weighted by Crippen LogP contribution is -2.37. The number of ether oxygens (including phenoxy) is 3. The molecule has 0 bridgehead atoms. The molecule has 0 aromatic heterocycles. The van der Waals surface area contributed by atoms with Gasteiger partial charge in [-0.15, -0.1) is 0 Å². The van der Waals surface area contributed by atoms with E-state index in [1.165, 1.54) is 0 Å². The summed E-state index contributed by atoms with van der Waals surface area (Å²) in [6.45, 7) is 11.7. The fourth-order valence-corrected chi connectivity index (χ4v) is 5.00. The lowest BCUT2D eigenvalue weighted by Gasteiger charge is -2.33. The van der Waals surface area contributed by atoms with Gasteiger partial charge in [0.1, 0.15) is 17.3 Å². The second kappa shape index (κ2) is 11.0. The number of nitrogens with zero attached hydrogens (tertiary/aromatic N) is 2. The highest BCUT2D eigenvalue weighted by Crippen LogP contribution is 2.41. The molecule has 1 saturated heterocycles. The first kappa shape index (κ1) is 27.4. The Morgan fingerprint density at radius 1 is 1.13 bits per heavy atom. The van der Waals surface area contributed by atoms with Crippen LogP contribution in [0.1, 0.15) is 65.1 Å². The van der Waals surface area contributed by atoms with Crippen LogP contribution in [-0.2, 0) is 16.7 Å². The molecule has 2 aromatic carbocycles. The minimum atomic E-state index is -0.276. The number of methoxy groups -OCH3 is 1. The molecule has 2 aliphatic heterocycles. The fourth-order valence-electron chi connectivity index (χ4n) is 5.00. The summed E-state index contributed by atoms with van der Waals surface area (Å²) < 4.78 is 17.1. The summed E-state index contributed by atoms with van der Waals surface area (Å²) in [5.74, 6) is 1.12. The van der Waals surface area contributed by atoms with Crippen molar-refractivity contribution in [2.45, 2.75) is 39.7 Å². The summed E-state index contributed by atoms with van der Waals surface area (Å²) >= 11 is 0. The molecule has 2 aliphatic rings. The summed E-state index contributed by atoms with van der Waals surface area (Å²) in [6, 6.07) is 7.33. The summed E-state index contributed by atoms with van der Waals surface area (Å²) in [4.78, 5) is 30.1. The Kier molecular flexibility index (Phi) is 7.97. The van der Waals surface area contributed by atoms with Gasteiger partial charge >= 0.3 is 0 Å². The van der Waals surface area contributed by atoms with Crippen molar-refractivity contribution in [1.29, 1.82) is 5.41 Å². The van der Waals surface area contributed by atoms with Crippen LogP contribution in [0.25, 0.3) is 0 Å². The molecule has 2 heterocycles. The number of hydrogen-bond acceptors (Lipinski definition) is 7. The van der Waals surface area contributed by atoms with Crippen LogP contribution >= 0.6 is 0 Å². The van der Waals surface area contributed by atoms with Crippen molar-refractivity contribution in [2.24, 2.45) is 0 Å². The van der Waals surface area contributed by atoms with Crippen molar-refractivity contribution in [2.75, 3.05) is 58.5 Å². The van der Waals surface area contributed by atoms with E-state index >= 15 is 0 Å². The third-order valence-corrected chi connectivity index (χ3v) is 7.00. The zero-order chi connectivity index (χ0) is 27.6. The lowest BCUT2D eigenvalue weighted by molar-refractivity contribution is 0.0953. The summed E-state index contributed by atoms with van der Waals surface area (Å²) in [5.41, 5.74) is 4.07. The third kappa shape index (κ3) is 5.34. The topological polar surface area (TPSA) is 104 Å². The number of amides is 1. The number of morpholine rings is 1. The number of carbonyl (C=O) groups excluding carboxylic acids is 2. The molecule has 0 spiro atoms. The molecule has 4 rings (SSSR count). The van der Waals surface area contributed by atoms with Crippen LogP contribution in [0.15, 0.2) is 24.3 Å². The molecule has 0 atom stereocenters. The van der Waals surface area contributed by atoms with Crippen molar-refractivity contribution >= 4 is 23.2 Å².